The Morgan fingerprint density at radius 3 is 2.59 bits per heavy atom. The van der Waals surface area contributed by atoms with Gasteiger partial charge < -0.3 is 29.0 Å². The molecular formula is C25H27N3O6. The van der Waals surface area contributed by atoms with Crippen LogP contribution in [-0.2, 0) is 11.4 Å². The molecule has 4 rings (SSSR count). The van der Waals surface area contributed by atoms with Gasteiger partial charge in [-0.2, -0.15) is 0 Å². The number of hydrogen-bond donors (Lipinski definition) is 1. The number of carbonyl (C=O) groups is 2. The largest absolute Gasteiger partial charge is 0.488 e. The van der Waals surface area contributed by atoms with E-state index >= 15 is 0 Å². The van der Waals surface area contributed by atoms with Crippen molar-refractivity contribution >= 4 is 17.5 Å². The van der Waals surface area contributed by atoms with Gasteiger partial charge in [0.05, 0.1) is 16.8 Å². The van der Waals surface area contributed by atoms with Gasteiger partial charge in [-0.05, 0) is 45.0 Å². The molecule has 9 heteroatoms. The molecule has 0 radical (unpaired) electrons. The second kappa shape index (κ2) is 10.3. The smallest absolute Gasteiger partial charge is 0.258 e. The number of likely N-dealkylation sites (N-methyl/N-ethyl adjacent to an activating group) is 1. The average Bonchev–Trinajstić information content (AvgIpc) is 3.17. The van der Waals surface area contributed by atoms with Gasteiger partial charge in [-0.25, -0.2) is 0 Å². The van der Waals surface area contributed by atoms with Gasteiger partial charge in [-0.1, -0.05) is 17.3 Å². The van der Waals surface area contributed by atoms with Crippen LogP contribution in [0.1, 0.15) is 34.3 Å². The quantitative estimate of drug-likeness (QED) is 0.540. The molecule has 1 aliphatic heterocycles. The Kier molecular flexibility index (Phi) is 7.01. The van der Waals surface area contributed by atoms with Crippen molar-refractivity contribution in [2.24, 2.45) is 0 Å². The van der Waals surface area contributed by atoms with Crippen molar-refractivity contribution in [3.8, 4) is 17.2 Å². The van der Waals surface area contributed by atoms with E-state index in [0.717, 1.165) is 11.3 Å². The van der Waals surface area contributed by atoms with Gasteiger partial charge in [0.1, 0.15) is 37.9 Å². The zero-order valence-electron chi connectivity index (χ0n) is 19.4. The number of hydrogen-bond acceptors (Lipinski definition) is 7. The minimum atomic E-state index is -0.319. The highest BCUT2D eigenvalue weighted by molar-refractivity contribution is 6.01. The summed E-state index contributed by atoms with van der Waals surface area (Å²) in [6.45, 7) is 6.90. The van der Waals surface area contributed by atoms with Gasteiger partial charge in [0.2, 0.25) is 5.91 Å². The summed E-state index contributed by atoms with van der Waals surface area (Å²) in [7, 11) is 0. The zero-order valence-corrected chi connectivity index (χ0v) is 19.4. The SMILES string of the molecule is CCN(CC(=O)Nc1ccc2c(c1)OCCO2)C(=O)c1ccccc1OCc1c(C)noc1C. The monoisotopic (exact) mass is 465 g/mol. The van der Waals surface area contributed by atoms with Crippen LogP contribution in [0.25, 0.3) is 0 Å². The molecule has 1 N–H and O–H groups in total. The molecule has 0 spiro atoms. The van der Waals surface area contributed by atoms with E-state index in [-0.39, 0.29) is 25.0 Å². The molecule has 2 amide bonds. The number of carbonyl (C=O) groups excluding carboxylic acids is 2. The second-order valence-corrected chi connectivity index (χ2v) is 7.81. The van der Waals surface area contributed by atoms with E-state index in [9.17, 15) is 9.59 Å². The molecule has 0 saturated carbocycles. The van der Waals surface area contributed by atoms with Crippen molar-refractivity contribution in [3.63, 3.8) is 0 Å². The normalized spacial score (nSPS) is 12.2. The minimum absolute atomic E-state index is 0.109. The summed E-state index contributed by atoms with van der Waals surface area (Å²) in [4.78, 5) is 27.4. The number of para-hydroxylation sites is 1. The molecule has 34 heavy (non-hydrogen) atoms. The Labute approximate surface area is 197 Å². The lowest BCUT2D eigenvalue weighted by atomic mass is 10.1. The fraction of sp³-hybridized carbons (Fsp3) is 0.320. The van der Waals surface area contributed by atoms with Crippen molar-refractivity contribution in [2.45, 2.75) is 27.4 Å². The fourth-order valence-corrected chi connectivity index (χ4v) is 3.62. The molecule has 9 nitrogen and oxygen atoms in total. The van der Waals surface area contributed by atoms with Crippen LogP contribution in [0.15, 0.2) is 47.0 Å². The van der Waals surface area contributed by atoms with Crippen LogP contribution in [0.3, 0.4) is 0 Å². The first-order chi connectivity index (χ1) is 16.5. The molecule has 0 atom stereocenters. The third-order valence-corrected chi connectivity index (χ3v) is 5.50. The predicted octanol–water partition coefficient (Wildman–Crippen LogP) is 3.74. The Balaban J connectivity index is 1.42. The van der Waals surface area contributed by atoms with Crippen LogP contribution in [0, 0.1) is 13.8 Å². The number of nitrogens with zero attached hydrogens (tertiary/aromatic N) is 2. The third kappa shape index (κ3) is 5.14. The first kappa shape index (κ1) is 23.2. The lowest BCUT2D eigenvalue weighted by molar-refractivity contribution is -0.116. The highest BCUT2D eigenvalue weighted by Gasteiger charge is 2.22. The summed E-state index contributed by atoms with van der Waals surface area (Å²) in [5.74, 6) is 1.71. The maximum atomic E-state index is 13.3. The van der Waals surface area contributed by atoms with Gasteiger partial charge in [0, 0.05) is 18.3 Å². The molecule has 0 saturated heterocycles. The number of ether oxygens (including phenoxy) is 3. The van der Waals surface area contributed by atoms with Crippen molar-refractivity contribution in [3.05, 3.63) is 65.0 Å². The summed E-state index contributed by atoms with van der Waals surface area (Å²) >= 11 is 0. The second-order valence-electron chi connectivity index (χ2n) is 7.81. The van der Waals surface area contributed by atoms with Crippen molar-refractivity contribution in [1.82, 2.24) is 10.1 Å². The molecule has 1 aliphatic rings. The van der Waals surface area contributed by atoms with E-state index in [1.54, 1.807) is 42.5 Å². The molecule has 2 aromatic carbocycles. The molecule has 3 aromatic rings. The number of anilines is 1. The van der Waals surface area contributed by atoms with Crippen LogP contribution in [-0.4, -0.2) is 48.2 Å². The molecule has 178 valence electrons. The predicted molar refractivity (Wildman–Crippen MR) is 124 cm³/mol. The number of aryl methyl sites for hydroxylation is 2. The number of fused-ring (bicyclic) bond motifs is 1. The number of rotatable bonds is 8. The lowest BCUT2D eigenvalue weighted by Gasteiger charge is -2.22. The van der Waals surface area contributed by atoms with E-state index in [1.165, 1.54) is 4.90 Å². The maximum Gasteiger partial charge on any atom is 0.258 e. The van der Waals surface area contributed by atoms with E-state index in [4.69, 9.17) is 18.7 Å². The third-order valence-electron chi connectivity index (χ3n) is 5.50. The molecule has 0 unspecified atom stereocenters. The van der Waals surface area contributed by atoms with Crippen LogP contribution in [0.5, 0.6) is 17.2 Å². The van der Waals surface area contributed by atoms with E-state index < -0.39 is 0 Å². The molecule has 0 fully saturated rings. The first-order valence-electron chi connectivity index (χ1n) is 11.1. The van der Waals surface area contributed by atoms with Crippen molar-refractivity contribution < 1.29 is 28.3 Å². The van der Waals surface area contributed by atoms with E-state index in [2.05, 4.69) is 10.5 Å². The van der Waals surface area contributed by atoms with Crippen LogP contribution in [0.4, 0.5) is 5.69 Å². The summed E-state index contributed by atoms with van der Waals surface area (Å²) < 4.78 is 22.2. The number of benzene rings is 2. The Morgan fingerprint density at radius 2 is 1.85 bits per heavy atom. The zero-order chi connectivity index (χ0) is 24.1. The van der Waals surface area contributed by atoms with Crippen molar-refractivity contribution in [2.75, 3.05) is 31.6 Å². The fourth-order valence-electron chi connectivity index (χ4n) is 3.62. The van der Waals surface area contributed by atoms with E-state index in [1.807, 2.05) is 20.8 Å². The molecule has 0 bridgehead atoms. The molecule has 1 aromatic heterocycles. The highest BCUT2D eigenvalue weighted by atomic mass is 16.6. The summed E-state index contributed by atoms with van der Waals surface area (Å²) in [6.07, 6.45) is 0. The van der Waals surface area contributed by atoms with E-state index in [0.29, 0.717) is 54.0 Å². The van der Waals surface area contributed by atoms with Gasteiger partial charge in [0.15, 0.2) is 11.5 Å². The number of aromatic nitrogens is 1. The Morgan fingerprint density at radius 1 is 1.09 bits per heavy atom. The summed E-state index contributed by atoms with van der Waals surface area (Å²) in [5, 5.41) is 6.75. The number of nitrogens with one attached hydrogen (secondary N) is 1. The van der Waals surface area contributed by atoms with Gasteiger partial charge >= 0.3 is 0 Å². The molecule has 2 heterocycles. The molecule has 0 aliphatic carbocycles. The van der Waals surface area contributed by atoms with Crippen LogP contribution >= 0.6 is 0 Å². The van der Waals surface area contributed by atoms with Gasteiger partial charge in [0.25, 0.3) is 5.91 Å². The average molecular weight is 466 g/mol. The summed E-state index contributed by atoms with van der Waals surface area (Å²) in [5.41, 5.74) is 2.53. The van der Waals surface area contributed by atoms with Crippen LogP contribution < -0.4 is 19.5 Å². The molecular weight excluding hydrogens is 438 g/mol. The Hall–Kier alpha value is -4.01. The highest BCUT2D eigenvalue weighted by Crippen LogP contribution is 2.32. The van der Waals surface area contributed by atoms with Crippen LogP contribution in [0.2, 0.25) is 0 Å². The summed E-state index contributed by atoms with van der Waals surface area (Å²) in [6, 6.07) is 12.2. The Bertz CT molecular complexity index is 1170. The topological polar surface area (TPSA) is 103 Å². The lowest BCUT2D eigenvalue weighted by Crippen LogP contribution is -2.38. The number of amides is 2. The maximum absolute atomic E-state index is 13.3. The van der Waals surface area contributed by atoms with Crippen molar-refractivity contribution in [1.29, 1.82) is 0 Å². The first-order valence-corrected chi connectivity index (χ1v) is 11.1. The van der Waals surface area contributed by atoms with Gasteiger partial charge in [-0.3, -0.25) is 9.59 Å². The minimum Gasteiger partial charge on any atom is -0.488 e. The standard InChI is InChI=1S/C25H27N3O6/c1-4-28(14-24(29)26-18-9-10-22-23(13-18)32-12-11-31-22)25(30)19-7-5-6-8-21(19)33-15-20-16(2)27-34-17(20)3/h5-10,13H,4,11-12,14-15H2,1-3H3,(H,26,29). The van der Waals surface area contributed by atoms with Gasteiger partial charge in [-0.15, -0.1) is 0 Å².